The maximum atomic E-state index is 11.2. The predicted molar refractivity (Wildman–Crippen MR) is 95.1 cm³/mol. The first kappa shape index (κ1) is 15.9. The van der Waals surface area contributed by atoms with E-state index in [1.807, 2.05) is 24.3 Å². The molecule has 3 fully saturated rings. The highest BCUT2D eigenvalue weighted by molar-refractivity contribution is 5.83. The first-order valence-corrected chi connectivity index (χ1v) is 9.06. The van der Waals surface area contributed by atoms with E-state index < -0.39 is 6.10 Å². The van der Waals surface area contributed by atoms with Gasteiger partial charge in [0.25, 0.3) is 0 Å². The van der Waals surface area contributed by atoms with Gasteiger partial charge in [-0.3, -0.25) is 9.88 Å². The molecule has 4 nitrogen and oxygen atoms in total. The van der Waals surface area contributed by atoms with Crippen molar-refractivity contribution in [2.24, 2.45) is 11.8 Å². The van der Waals surface area contributed by atoms with Gasteiger partial charge >= 0.3 is 0 Å². The van der Waals surface area contributed by atoms with Crippen LogP contribution in [0.4, 0.5) is 0 Å². The SMILES string of the molecule is CCC1CN2CCC1C[C@@H]2[C@@H](O)c1ccnc2ccc(OC)cc12. The Morgan fingerprint density at radius 3 is 2.96 bits per heavy atom. The smallest absolute Gasteiger partial charge is 0.119 e. The van der Waals surface area contributed by atoms with Crippen molar-refractivity contribution in [3.63, 3.8) is 0 Å². The van der Waals surface area contributed by atoms with E-state index in [0.717, 1.165) is 53.6 Å². The summed E-state index contributed by atoms with van der Waals surface area (Å²) in [6.07, 6.45) is 4.97. The van der Waals surface area contributed by atoms with Crippen LogP contribution in [0.5, 0.6) is 5.75 Å². The zero-order valence-electron chi connectivity index (χ0n) is 14.5. The third-order valence-electron chi connectivity index (χ3n) is 6.13. The summed E-state index contributed by atoms with van der Waals surface area (Å²) in [5.74, 6) is 2.37. The number of pyridine rings is 1. The largest absolute Gasteiger partial charge is 0.497 e. The minimum atomic E-state index is -0.469. The number of aliphatic hydroxyl groups excluding tert-OH is 1. The molecule has 0 aliphatic carbocycles. The molecule has 3 unspecified atom stereocenters. The Kier molecular flexibility index (Phi) is 4.19. The van der Waals surface area contributed by atoms with E-state index in [-0.39, 0.29) is 6.04 Å². The molecule has 2 aromatic rings. The van der Waals surface area contributed by atoms with E-state index in [2.05, 4.69) is 16.8 Å². The van der Waals surface area contributed by atoms with Crippen LogP contribution in [0.25, 0.3) is 10.9 Å². The topological polar surface area (TPSA) is 45.6 Å². The maximum Gasteiger partial charge on any atom is 0.119 e. The molecule has 1 aromatic heterocycles. The van der Waals surface area contributed by atoms with Gasteiger partial charge in [-0.15, -0.1) is 0 Å². The van der Waals surface area contributed by atoms with Gasteiger partial charge in [0.2, 0.25) is 0 Å². The van der Waals surface area contributed by atoms with Gasteiger partial charge in [-0.1, -0.05) is 13.3 Å². The standard InChI is InChI=1S/C20H26N2O2/c1-3-13-12-22-9-7-14(13)10-19(22)20(23)16-6-8-21-18-5-4-15(24-2)11-17(16)18/h4-6,8,11,13-14,19-20,23H,3,7,9-10,12H2,1-2H3/t13?,14?,19-,20+/m1/s1. The quantitative estimate of drug-likeness (QED) is 0.935. The average Bonchev–Trinajstić information content (AvgIpc) is 2.66. The van der Waals surface area contributed by atoms with Gasteiger partial charge in [0.1, 0.15) is 5.75 Å². The van der Waals surface area contributed by atoms with Crippen LogP contribution in [0.2, 0.25) is 0 Å². The lowest BCUT2D eigenvalue weighted by molar-refractivity contribution is -0.0562. The van der Waals surface area contributed by atoms with Crippen molar-refractivity contribution < 1.29 is 9.84 Å². The van der Waals surface area contributed by atoms with Crippen molar-refractivity contribution in [2.45, 2.75) is 38.3 Å². The van der Waals surface area contributed by atoms with Crippen molar-refractivity contribution in [1.29, 1.82) is 0 Å². The van der Waals surface area contributed by atoms with Crippen LogP contribution < -0.4 is 4.74 Å². The van der Waals surface area contributed by atoms with Crippen LogP contribution in [-0.4, -0.2) is 41.2 Å². The van der Waals surface area contributed by atoms with Gasteiger partial charge in [-0.05, 0) is 61.1 Å². The van der Waals surface area contributed by atoms with Crippen molar-refractivity contribution >= 4 is 10.9 Å². The summed E-state index contributed by atoms with van der Waals surface area (Å²) in [4.78, 5) is 6.94. The number of hydrogen-bond acceptors (Lipinski definition) is 4. The fraction of sp³-hybridized carbons (Fsp3) is 0.550. The minimum absolute atomic E-state index is 0.225. The second-order valence-corrected chi connectivity index (χ2v) is 7.24. The summed E-state index contributed by atoms with van der Waals surface area (Å²) in [7, 11) is 1.67. The summed E-state index contributed by atoms with van der Waals surface area (Å²) in [5, 5.41) is 12.2. The van der Waals surface area contributed by atoms with E-state index in [4.69, 9.17) is 4.74 Å². The molecule has 128 valence electrons. The molecule has 0 spiro atoms. The molecule has 4 heterocycles. The van der Waals surface area contributed by atoms with Gasteiger partial charge in [-0.25, -0.2) is 0 Å². The van der Waals surface area contributed by atoms with Crippen LogP contribution in [0, 0.1) is 11.8 Å². The highest BCUT2D eigenvalue weighted by Crippen LogP contribution is 2.42. The van der Waals surface area contributed by atoms with E-state index in [1.54, 1.807) is 13.3 Å². The van der Waals surface area contributed by atoms with Crippen LogP contribution in [0.15, 0.2) is 30.5 Å². The number of fused-ring (bicyclic) bond motifs is 4. The Bertz CT molecular complexity index is 733. The Balaban J connectivity index is 1.68. The minimum Gasteiger partial charge on any atom is -0.497 e. The second-order valence-electron chi connectivity index (χ2n) is 7.24. The van der Waals surface area contributed by atoms with Crippen molar-refractivity contribution in [1.82, 2.24) is 9.88 Å². The molecule has 3 aliphatic heterocycles. The number of methoxy groups -OCH3 is 1. The molecule has 24 heavy (non-hydrogen) atoms. The average molecular weight is 326 g/mol. The lowest BCUT2D eigenvalue weighted by Gasteiger charge is -2.51. The lowest BCUT2D eigenvalue weighted by Crippen LogP contribution is -2.55. The number of piperidine rings is 3. The predicted octanol–water partition coefficient (Wildman–Crippen LogP) is 3.40. The van der Waals surface area contributed by atoms with Gasteiger partial charge in [-0.2, -0.15) is 0 Å². The molecule has 5 rings (SSSR count). The van der Waals surface area contributed by atoms with E-state index in [0.29, 0.717) is 0 Å². The highest BCUT2D eigenvalue weighted by atomic mass is 16.5. The van der Waals surface area contributed by atoms with E-state index in [9.17, 15) is 5.11 Å². The number of rotatable bonds is 4. The molecule has 0 amide bonds. The van der Waals surface area contributed by atoms with Crippen LogP contribution in [0.1, 0.15) is 37.9 Å². The summed E-state index contributed by atoms with van der Waals surface area (Å²) >= 11 is 0. The molecule has 3 aliphatic rings. The monoisotopic (exact) mass is 326 g/mol. The lowest BCUT2D eigenvalue weighted by atomic mass is 9.72. The summed E-state index contributed by atoms with van der Waals surface area (Å²) in [6, 6.07) is 8.07. The van der Waals surface area contributed by atoms with Crippen LogP contribution in [0.3, 0.4) is 0 Å². The van der Waals surface area contributed by atoms with Gasteiger partial charge < -0.3 is 9.84 Å². The van der Waals surface area contributed by atoms with Crippen molar-refractivity contribution in [3.05, 3.63) is 36.0 Å². The first-order chi connectivity index (χ1) is 11.7. The molecule has 0 radical (unpaired) electrons. The second kappa shape index (κ2) is 6.34. The van der Waals surface area contributed by atoms with E-state index >= 15 is 0 Å². The van der Waals surface area contributed by atoms with Crippen molar-refractivity contribution in [3.8, 4) is 5.75 Å². The molecule has 4 heteroatoms. The Hall–Kier alpha value is -1.65. The summed E-state index contributed by atoms with van der Waals surface area (Å²) in [6.45, 7) is 4.55. The number of benzene rings is 1. The summed E-state index contributed by atoms with van der Waals surface area (Å²) in [5.41, 5.74) is 1.89. The van der Waals surface area contributed by atoms with Gasteiger partial charge in [0, 0.05) is 24.2 Å². The fourth-order valence-electron chi connectivity index (χ4n) is 4.71. The Morgan fingerprint density at radius 2 is 2.25 bits per heavy atom. The van der Waals surface area contributed by atoms with Crippen LogP contribution in [-0.2, 0) is 0 Å². The van der Waals surface area contributed by atoms with Gasteiger partial charge in [0.15, 0.2) is 0 Å². The van der Waals surface area contributed by atoms with Crippen LogP contribution >= 0.6 is 0 Å². The molecule has 2 bridgehead atoms. The zero-order valence-corrected chi connectivity index (χ0v) is 14.5. The Labute approximate surface area is 143 Å². The molecule has 1 aromatic carbocycles. The third kappa shape index (κ3) is 2.58. The number of hydrogen-bond donors (Lipinski definition) is 1. The molecular formula is C20H26N2O2. The molecule has 3 saturated heterocycles. The molecule has 5 atom stereocenters. The number of nitrogens with zero attached hydrogens (tertiary/aromatic N) is 2. The number of aromatic nitrogens is 1. The number of ether oxygens (including phenoxy) is 1. The van der Waals surface area contributed by atoms with Gasteiger partial charge in [0.05, 0.1) is 18.7 Å². The summed E-state index contributed by atoms with van der Waals surface area (Å²) < 4.78 is 5.36. The Morgan fingerprint density at radius 1 is 1.38 bits per heavy atom. The van der Waals surface area contributed by atoms with E-state index in [1.165, 1.54) is 12.8 Å². The molecule has 0 saturated carbocycles. The molecular weight excluding hydrogens is 300 g/mol. The number of aliphatic hydroxyl groups is 1. The first-order valence-electron chi connectivity index (χ1n) is 9.06. The fourth-order valence-corrected chi connectivity index (χ4v) is 4.71. The highest BCUT2D eigenvalue weighted by Gasteiger charge is 2.42. The zero-order chi connectivity index (χ0) is 16.7. The normalized spacial score (nSPS) is 30.5. The maximum absolute atomic E-state index is 11.2. The molecule has 1 N–H and O–H groups in total. The third-order valence-corrected chi connectivity index (χ3v) is 6.13. The van der Waals surface area contributed by atoms with Crippen molar-refractivity contribution in [2.75, 3.05) is 20.2 Å².